The van der Waals surface area contributed by atoms with E-state index in [1.807, 2.05) is 6.26 Å². The third kappa shape index (κ3) is 8.55. The fraction of sp³-hybridized carbons (Fsp3) is 0.500. The molecule has 9 heteroatoms. The number of halogens is 2. The highest BCUT2D eigenvalue weighted by Crippen LogP contribution is 2.38. The van der Waals surface area contributed by atoms with E-state index in [0.717, 1.165) is 56.2 Å². The van der Waals surface area contributed by atoms with Gasteiger partial charge in [-0.3, -0.25) is 9.69 Å². The Bertz CT molecular complexity index is 1510. The normalized spacial score (nSPS) is 26.7. The summed E-state index contributed by atoms with van der Waals surface area (Å²) in [5, 5.41) is 0. The molecular formula is C38H45F2NO5S. The van der Waals surface area contributed by atoms with Gasteiger partial charge in [-0.1, -0.05) is 37.3 Å². The van der Waals surface area contributed by atoms with Gasteiger partial charge in [0.1, 0.15) is 35.0 Å². The highest BCUT2D eigenvalue weighted by atomic mass is 32.2. The number of esters is 1. The number of carbonyl (C=O) groups is 1. The molecule has 252 valence electrons. The lowest BCUT2D eigenvalue weighted by molar-refractivity contribution is -0.155. The molecule has 0 bridgehead atoms. The minimum absolute atomic E-state index is 0.00652. The van der Waals surface area contributed by atoms with E-state index in [2.05, 4.69) is 54.3 Å². The second-order valence-electron chi connectivity index (χ2n) is 12.9. The number of aryl methyl sites for hydroxylation is 1. The van der Waals surface area contributed by atoms with Gasteiger partial charge < -0.3 is 18.9 Å². The van der Waals surface area contributed by atoms with Crippen molar-refractivity contribution >= 4 is 17.7 Å². The van der Waals surface area contributed by atoms with Crippen molar-refractivity contribution in [3.63, 3.8) is 0 Å². The lowest BCUT2D eigenvalue weighted by Crippen LogP contribution is -2.41. The molecule has 47 heavy (non-hydrogen) atoms. The third-order valence-corrected chi connectivity index (χ3v) is 10.5. The van der Waals surface area contributed by atoms with Gasteiger partial charge >= 0.3 is 5.97 Å². The molecular weight excluding hydrogens is 620 g/mol. The summed E-state index contributed by atoms with van der Waals surface area (Å²) in [6, 6.07) is 18.9. The van der Waals surface area contributed by atoms with E-state index in [1.165, 1.54) is 35.7 Å². The van der Waals surface area contributed by atoms with Crippen LogP contribution in [0.2, 0.25) is 0 Å². The fourth-order valence-electron chi connectivity index (χ4n) is 7.21. The average Bonchev–Trinajstić information content (AvgIpc) is 3.54. The Balaban J connectivity index is 1.03. The minimum atomic E-state index is -0.439. The molecule has 3 aliphatic rings. The number of rotatable bonds is 10. The van der Waals surface area contributed by atoms with Crippen LogP contribution in [0, 0.1) is 11.6 Å². The standard InChI is InChI=1S/C38H45F2NO5S/c1-4-26-7-8-27(37-20-33(44-24(2)42)21-38(46-37)47-3)18-28(26)17-25-5-11-31(12-6-25)45-32-15-16-41(22-32)30-10-14-36(43-23-30)34-19-29(39)9-13-35(34)40/h5-9,11-13,18-19,30,32-33,36-38H,4,10,14-17,20-23H2,1-3H3/t30-,32-,33-,36+,37-,38-/m1/s1. The molecule has 3 aromatic rings. The number of nitrogens with zero attached hydrogens (tertiary/aromatic N) is 1. The summed E-state index contributed by atoms with van der Waals surface area (Å²) in [6.45, 7) is 5.90. The number of likely N-dealkylation sites (tertiary alicyclic amines) is 1. The van der Waals surface area contributed by atoms with E-state index in [1.54, 1.807) is 11.8 Å². The predicted molar refractivity (Wildman–Crippen MR) is 180 cm³/mol. The molecule has 0 aliphatic carbocycles. The molecule has 0 N–H and O–H groups in total. The van der Waals surface area contributed by atoms with Crippen molar-refractivity contribution in [1.82, 2.24) is 4.90 Å². The number of carbonyl (C=O) groups excluding carboxylic acids is 1. The Hall–Kier alpha value is -2.98. The Kier molecular flexibility index (Phi) is 11.2. The van der Waals surface area contributed by atoms with Crippen LogP contribution >= 0.6 is 11.8 Å². The molecule has 0 unspecified atom stereocenters. The van der Waals surface area contributed by atoms with Gasteiger partial charge in [0.15, 0.2) is 0 Å². The van der Waals surface area contributed by atoms with Gasteiger partial charge in [0.25, 0.3) is 0 Å². The smallest absolute Gasteiger partial charge is 0.302 e. The van der Waals surface area contributed by atoms with Gasteiger partial charge in [-0.15, -0.1) is 11.8 Å². The van der Waals surface area contributed by atoms with E-state index >= 15 is 0 Å². The quantitative estimate of drug-likeness (QED) is 0.204. The minimum Gasteiger partial charge on any atom is -0.489 e. The van der Waals surface area contributed by atoms with Crippen LogP contribution in [-0.2, 0) is 31.8 Å². The first-order valence-electron chi connectivity index (χ1n) is 16.8. The summed E-state index contributed by atoms with van der Waals surface area (Å²) >= 11 is 1.65. The Labute approximate surface area is 281 Å². The highest BCUT2D eigenvalue weighted by molar-refractivity contribution is 7.99. The van der Waals surface area contributed by atoms with Crippen LogP contribution in [0.3, 0.4) is 0 Å². The molecule has 0 aromatic heterocycles. The number of benzene rings is 3. The molecule has 0 spiro atoms. The summed E-state index contributed by atoms with van der Waals surface area (Å²) in [6.07, 6.45) is 7.06. The topological polar surface area (TPSA) is 57.2 Å². The lowest BCUT2D eigenvalue weighted by atomic mass is 9.92. The first-order valence-corrected chi connectivity index (χ1v) is 18.1. The van der Waals surface area contributed by atoms with Crippen LogP contribution in [0.25, 0.3) is 0 Å². The Morgan fingerprint density at radius 2 is 1.79 bits per heavy atom. The predicted octanol–water partition coefficient (Wildman–Crippen LogP) is 7.96. The van der Waals surface area contributed by atoms with Gasteiger partial charge in [0.05, 0.1) is 18.8 Å². The van der Waals surface area contributed by atoms with Crippen molar-refractivity contribution in [1.29, 1.82) is 0 Å². The summed E-state index contributed by atoms with van der Waals surface area (Å²) in [4.78, 5) is 14.1. The zero-order valence-corrected chi connectivity index (χ0v) is 28.3. The first-order chi connectivity index (χ1) is 22.8. The summed E-state index contributed by atoms with van der Waals surface area (Å²) in [5.74, 6) is -0.235. The van der Waals surface area contributed by atoms with E-state index in [0.29, 0.717) is 31.4 Å². The maximum Gasteiger partial charge on any atom is 0.302 e. The average molecular weight is 666 g/mol. The molecule has 0 saturated carbocycles. The zero-order chi connectivity index (χ0) is 32.9. The Morgan fingerprint density at radius 3 is 2.51 bits per heavy atom. The van der Waals surface area contributed by atoms with Crippen molar-refractivity contribution in [2.45, 2.75) is 94.7 Å². The SMILES string of the molecule is CCc1ccc([C@H]2C[C@@H](OC(C)=O)C[C@@H](SC)O2)cc1Cc1ccc(O[C@@H]2CCN([C@@H]3CC[C@@H](c4cc(F)ccc4F)OC3)C2)cc1. The van der Waals surface area contributed by atoms with E-state index in [9.17, 15) is 13.6 Å². The molecule has 6 rings (SSSR count). The Morgan fingerprint density at radius 1 is 0.957 bits per heavy atom. The van der Waals surface area contributed by atoms with Crippen molar-refractivity contribution in [3.05, 3.63) is 100 Å². The first kappa shape index (κ1) is 33.9. The van der Waals surface area contributed by atoms with Crippen LogP contribution in [0.15, 0.2) is 60.7 Å². The number of hydrogen-bond acceptors (Lipinski definition) is 7. The van der Waals surface area contributed by atoms with E-state index < -0.39 is 17.7 Å². The number of hydrogen-bond donors (Lipinski definition) is 0. The molecule has 3 aliphatic heterocycles. The number of thioether (sulfide) groups is 1. The van der Waals surface area contributed by atoms with Crippen LogP contribution in [0.1, 0.15) is 86.0 Å². The van der Waals surface area contributed by atoms with Crippen molar-refractivity contribution in [3.8, 4) is 5.75 Å². The maximum atomic E-state index is 14.2. The summed E-state index contributed by atoms with van der Waals surface area (Å²) in [7, 11) is 0. The van der Waals surface area contributed by atoms with Crippen LogP contribution in [0.5, 0.6) is 5.75 Å². The monoisotopic (exact) mass is 665 g/mol. The van der Waals surface area contributed by atoms with Crippen molar-refractivity contribution in [2.24, 2.45) is 0 Å². The van der Waals surface area contributed by atoms with Crippen molar-refractivity contribution in [2.75, 3.05) is 26.0 Å². The molecule has 3 aromatic carbocycles. The van der Waals surface area contributed by atoms with Crippen LogP contribution < -0.4 is 4.74 Å². The van der Waals surface area contributed by atoms with Crippen LogP contribution in [-0.4, -0.2) is 60.5 Å². The lowest BCUT2D eigenvalue weighted by Gasteiger charge is -2.35. The van der Waals surface area contributed by atoms with Gasteiger partial charge in [0.2, 0.25) is 0 Å². The molecule has 6 atom stereocenters. The third-order valence-electron chi connectivity index (χ3n) is 9.70. The second kappa shape index (κ2) is 15.5. The molecule has 6 nitrogen and oxygen atoms in total. The van der Waals surface area contributed by atoms with Gasteiger partial charge in [-0.2, -0.15) is 0 Å². The molecule has 0 radical (unpaired) electrons. The molecule has 3 heterocycles. The zero-order valence-electron chi connectivity index (χ0n) is 27.5. The van der Waals surface area contributed by atoms with E-state index in [-0.39, 0.29) is 35.8 Å². The second-order valence-corrected chi connectivity index (χ2v) is 13.9. The number of ether oxygens (including phenoxy) is 4. The highest BCUT2D eigenvalue weighted by Gasteiger charge is 2.34. The van der Waals surface area contributed by atoms with Gasteiger partial charge in [0, 0.05) is 44.5 Å². The molecule has 3 saturated heterocycles. The summed E-state index contributed by atoms with van der Waals surface area (Å²) < 4.78 is 52.3. The van der Waals surface area contributed by atoms with Gasteiger partial charge in [-0.05, 0) is 90.9 Å². The molecule has 3 fully saturated rings. The van der Waals surface area contributed by atoms with Crippen LogP contribution in [0.4, 0.5) is 8.78 Å². The van der Waals surface area contributed by atoms with Gasteiger partial charge in [-0.25, -0.2) is 8.78 Å². The largest absolute Gasteiger partial charge is 0.489 e. The summed E-state index contributed by atoms with van der Waals surface area (Å²) in [5.41, 5.74) is 5.23. The maximum absolute atomic E-state index is 14.2. The fourth-order valence-corrected chi connectivity index (χ4v) is 7.86. The molecule has 0 amide bonds. The van der Waals surface area contributed by atoms with E-state index in [4.69, 9.17) is 18.9 Å². The van der Waals surface area contributed by atoms with Crippen molar-refractivity contribution < 1.29 is 32.5 Å².